The zero-order chi connectivity index (χ0) is 34.0. The number of rotatable bonds is 22. The van der Waals surface area contributed by atoms with Crippen LogP contribution < -0.4 is 0 Å². The van der Waals surface area contributed by atoms with Crippen LogP contribution in [0, 0.1) is 0 Å². The Balaban J connectivity index is 1.55. The topological polar surface area (TPSA) is 0 Å². The molecule has 0 saturated carbocycles. The molecule has 4 atom stereocenters. The summed E-state index contributed by atoms with van der Waals surface area (Å²) in [6, 6.07) is 39.1. The zero-order valence-corrected chi connectivity index (χ0v) is 32.6. The van der Waals surface area contributed by atoms with Gasteiger partial charge in [-0.3, -0.25) is 0 Å². The van der Waals surface area contributed by atoms with E-state index in [0.29, 0.717) is 5.25 Å². The molecule has 0 N–H and O–H groups in total. The normalized spacial score (nSPS) is 14.7. The number of hydrogen-bond donors (Lipinski definition) is 4. The van der Waals surface area contributed by atoms with E-state index in [1.807, 2.05) is 0 Å². The fourth-order valence-corrected chi connectivity index (χ4v) is 9.37. The van der Waals surface area contributed by atoms with Crippen molar-refractivity contribution < 1.29 is 0 Å². The largest absolute Gasteiger partial charge is 0.176 e. The van der Waals surface area contributed by atoms with Crippen LogP contribution >= 0.6 is 50.5 Å². The standard InChI is InChI=1S/C44H58S4/c1-2-3-4-5-6-7-8-9-10-11-12-19-28-37(45)33-34-39(35-24-15-13-16-25-35)44(36-26-17-14-18-27-36,40-30-21-23-32-42(40)47)43(48)38-29-20-22-31-41(38)46/h13-18,20-27,29-32,37,39,43,45-48H,2-12,19,28,33-34H2,1H3. The third-order valence-corrected chi connectivity index (χ3v) is 12.2. The second-order valence-corrected chi connectivity index (χ2v) is 15.8. The van der Waals surface area contributed by atoms with Crippen LogP contribution in [0.2, 0.25) is 0 Å². The van der Waals surface area contributed by atoms with Crippen molar-refractivity contribution in [2.75, 3.05) is 0 Å². The van der Waals surface area contributed by atoms with Crippen LogP contribution in [0.4, 0.5) is 0 Å². The molecule has 0 aliphatic heterocycles. The van der Waals surface area contributed by atoms with E-state index in [0.717, 1.165) is 34.6 Å². The van der Waals surface area contributed by atoms with Crippen molar-refractivity contribution in [3.05, 3.63) is 131 Å². The molecule has 0 heterocycles. The minimum Gasteiger partial charge on any atom is -0.176 e. The van der Waals surface area contributed by atoms with Gasteiger partial charge >= 0.3 is 0 Å². The van der Waals surface area contributed by atoms with Gasteiger partial charge in [0.25, 0.3) is 0 Å². The molecule has 0 spiro atoms. The van der Waals surface area contributed by atoms with E-state index >= 15 is 0 Å². The van der Waals surface area contributed by atoms with Crippen molar-refractivity contribution in [3.63, 3.8) is 0 Å². The van der Waals surface area contributed by atoms with Gasteiger partial charge in [0.05, 0.1) is 0 Å². The molecule has 0 saturated heterocycles. The molecule has 0 fully saturated rings. The summed E-state index contributed by atoms with van der Waals surface area (Å²) in [5.74, 6) is 0.126. The summed E-state index contributed by atoms with van der Waals surface area (Å²) in [4.78, 5) is 1.94. The average molecular weight is 715 g/mol. The van der Waals surface area contributed by atoms with E-state index in [-0.39, 0.29) is 11.2 Å². The van der Waals surface area contributed by atoms with Gasteiger partial charge in [0.2, 0.25) is 0 Å². The Morgan fingerprint density at radius 3 is 1.58 bits per heavy atom. The molecule has 0 bridgehead atoms. The SMILES string of the molecule is CCCCCCCCCCCCCCC(S)CCC(c1ccccc1)C(c1ccccc1)(c1ccccc1S)C(S)c1ccccc1S. The maximum atomic E-state index is 5.60. The summed E-state index contributed by atoms with van der Waals surface area (Å²) in [6.45, 7) is 2.29. The van der Waals surface area contributed by atoms with Gasteiger partial charge in [-0.1, -0.05) is 181 Å². The van der Waals surface area contributed by atoms with Crippen LogP contribution in [0.15, 0.2) is 119 Å². The second-order valence-electron chi connectivity index (χ2n) is 13.6. The highest BCUT2D eigenvalue weighted by molar-refractivity contribution is 7.81. The Hall–Kier alpha value is -1.72. The van der Waals surface area contributed by atoms with E-state index in [2.05, 4.69) is 116 Å². The van der Waals surface area contributed by atoms with Crippen molar-refractivity contribution in [3.8, 4) is 0 Å². The molecular weight excluding hydrogens is 657 g/mol. The van der Waals surface area contributed by atoms with Gasteiger partial charge in [-0.15, -0.1) is 25.3 Å². The van der Waals surface area contributed by atoms with Gasteiger partial charge in [0.1, 0.15) is 0 Å². The van der Waals surface area contributed by atoms with Crippen LogP contribution in [0.3, 0.4) is 0 Å². The molecule has 258 valence electrons. The first kappa shape index (κ1) is 39.1. The lowest BCUT2D eigenvalue weighted by Crippen LogP contribution is -2.40. The van der Waals surface area contributed by atoms with Crippen LogP contribution in [0.25, 0.3) is 0 Å². The fraction of sp³-hybridized carbons (Fsp3) is 0.455. The van der Waals surface area contributed by atoms with E-state index in [1.54, 1.807) is 0 Å². The number of benzene rings is 4. The molecule has 4 aromatic rings. The highest BCUT2D eigenvalue weighted by Crippen LogP contribution is 2.58. The molecule has 0 radical (unpaired) electrons. The van der Waals surface area contributed by atoms with Crippen LogP contribution in [-0.4, -0.2) is 5.25 Å². The molecule has 0 aliphatic carbocycles. The highest BCUT2D eigenvalue weighted by Gasteiger charge is 2.49. The highest BCUT2D eigenvalue weighted by atomic mass is 32.1. The lowest BCUT2D eigenvalue weighted by molar-refractivity contribution is 0.362. The first-order chi connectivity index (χ1) is 23.5. The quantitative estimate of drug-likeness (QED) is 0.0452. The summed E-state index contributed by atoms with van der Waals surface area (Å²) in [6.07, 6.45) is 19.7. The lowest BCUT2D eigenvalue weighted by atomic mass is 9.59. The van der Waals surface area contributed by atoms with Crippen LogP contribution in [0.1, 0.15) is 137 Å². The van der Waals surface area contributed by atoms with Crippen molar-refractivity contribution in [1.29, 1.82) is 0 Å². The maximum Gasteiger partial charge on any atom is 0.0439 e. The monoisotopic (exact) mass is 714 g/mol. The first-order valence-corrected chi connectivity index (χ1v) is 20.5. The molecule has 4 unspecified atom stereocenters. The van der Waals surface area contributed by atoms with Crippen molar-refractivity contribution in [2.24, 2.45) is 0 Å². The average Bonchev–Trinajstić information content (AvgIpc) is 3.12. The van der Waals surface area contributed by atoms with Crippen molar-refractivity contribution >= 4 is 50.5 Å². The summed E-state index contributed by atoms with van der Waals surface area (Å²) in [5.41, 5.74) is 4.37. The molecule has 4 rings (SSSR count). The minimum absolute atomic E-state index is 0.126. The smallest absolute Gasteiger partial charge is 0.0439 e. The first-order valence-electron chi connectivity index (χ1n) is 18.5. The Morgan fingerprint density at radius 1 is 0.500 bits per heavy atom. The number of thiol groups is 4. The van der Waals surface area contributed by atoms with Crippen LogP contribution in [-0.2, 0) is 5.41 Å². The molecule has 0 aliphatic rings. The second kappa shape index (κ2) is 21.5. The third-order valence-electron chi connectivity index (χ3n) is 10.2. The van der Waals surface area contributed by atoms with E-state index in [4.69, 9.17) is 50.5 Å². The van der Waals surface area contributed by atoms with Gasteiger partial charge < -0.3 is 0 Å². The number of hydrogen-bond acceptors (Lipinski definition) is 4. The Kier molecular flexibility index (Phi) is 17.5. The predicted octanol–water partition coefficient (Wildman–Crippen LogP) is 14.2. The fourth-order valence-electron chi connectivity index (χ4n) is 7.61. The Labute approximate surface area is 315 Å². The third kappa shape index (κ3) is 10.9. The molecule has 4 heteroatoms. The summed E-state index contributed by atoms with van der Waals surface area (Å²) in [7, 11) is 0. The maximum absolute atomic E-state index is 5.60. The molecule has 48 heavy (non-hydrogen) atoms. The minimum atomic E-state index is -0.521. The summed E-state index contributed by atoms with van der Waals surface area (Å²) >= 11 is 20.9. The van der Waals surface area contributed by atoms with E-state index in [9.17, 15) is 0 Å². The molecule has 0 nitrogen and oxygen atoms in total. The molecule has 4 aromatic carbocycles. The van der Waals surface area contributed by atoms with Crippen molar-refractivity contribution in [2.45, 2.75) is 135 Å². The summed E-state index contributed by atoms with van der Waals surface area (Å²) in [5, 5.41) is 0.177. The number of unbranched alkanes of at least 4 members (excludes halogenated alkanes) is 11. The van der Waals surface area contributed by atoms with E-state index in [1.165, 1.54) is 93.7 Å². The zero-order valence-electron chi connectivity index (χ0n) is 29.0. The summed E-state index contributed by atoms with van der Waals surface area (Å²) < 4.78 is 0. The van der Waals surface area contributed by atoms with Gasteiger partial charge in [0.15, 0.2) is 0 Å². The Morgan fingerprint density at radius 2 is 1.00 bits per heavy atom. The predicted molar refractivity (Wildman–Crippen MR) is 223 cm³/mol. The van der Waals surface area contributed by atoms with Crippen molar-refractivity contribution in [1.82, 2.24) is 0 Å². The van der Waals surface area contributed by atoms with E-state index < -0.39 is 5.41 Å². The molecule has 0 aromatic heterocycles. The van der Waals surface area contributed by atoms with Gasteiger partial charge in [-0.05, 0) is 59.6 Å². The van der Waals surface area contributed by atoms with Gasteiger partial charge in [-0.25, -0.2) is 0 Å². The lowest BCUT2D eigenvalue weighted by Gasteiger charge is -2.47. The van der Waals surface area contributed by atoms with Crippen LogP contribution in [0.5, 0.6) is 0 Å². The molecule has 0 amide bonds. The molecular formula is C44H58S4. The van der Waals surface area contributed by atoms with Gasteiger partial charge in [0, 0.05) is 25.7 Å². The van der Waals surface area contributed by atoms with Gasteiger partial charge in [-0.2, -0.15) is 25.3 Å². The Bertz CT molecular complexity index is 1440.